The van der Waals surface area contributed by atoms with Crippen LogP contribution in [-0.2, 0) is 11.2 Å². The van der Waals surface area contributed by atoms with E-state index in [1.807, 2.05) is 66.7 Å². The molecule has 3 aromatic carbocycles. The highest BCUT2D eigenvalue weighted by Gasteiger charge is 2.24. The molecule has 2 N–H and O–H groups in total. The minimum atomic E-state index is -0.451. The summed E-state index contributed by atoms with van der Waals surface area (Å²) in [7, 11) is 3.33. The van der Waals surface area contributed by atoms with E-state index in [4.69, 9.17) is 16.3 Å². The highest BCUT2D eigenvalue weighted by Crippen LogP contribution is 2.26. The van der Waals surface area contributed by atoms with Crippen LogP contribution in [0.1, 0.15) is 35.2 Å². The number of methoxy groups -OCH3 is 1. The second kappa shape index (κ2) is 10.8. The number of rotatable bonds is 9. The average Bonchev–Trinajstić information content (AvgIpc) is 2.80. The first-order valence-corrected chi connectivity index (χ1v) is 10.4. The fourth-order valence-electron chi connectivity index (χ4n) is 3.46. The van der Waals surface area contributed by atoms with E-state index in [1.54, 1.807) is 14.2 Å². The molecule has 0 aliphatic heterocycles. The third kappa shape index (κ3) is 5.85. The predicted octanol–water partition coefficient (Wildman–Crippen LogP) is 5.10. The Balaban J connectivity index is 1.83. The first-order valence-electron chi connectivity index (χ1n) is 10.0. The number of ether oxygens (including phenoxy) is 1. The van der Waals surface area contributed by atoms with Crippen LogP contribution in [0.25, 0.3) is 0 Å². The molecule has 4 nitrogen and oxygen atoms in total. The van der Waals surface area contributed by atoms with Gasteiger partial charge in [0.2, 0.25) is 5.91 Å². The second-order valence-electron chi connectivity index (χ2n) is 7.12. The monoisotopic (exact) mass is 422 g/mol. The van der Waals surface area contributed by atoms with Crippen molar-refractivity contribution < 1.29 is 9.53 Å². The van der Waals surface area contributed by atoms with Crippen LogP contribution in [0, 0.1) is 0 Å². The van der Waals surface area contributed by atoms with E-state index in [2.05, 4.69) is 22.8 Å². The molecule has 30 heavy (non-hydrogen) atoms. The molecule has 0 spiro atoms. The Morgan fingerprint density at radius 3 is 2.20 bits per heavy atom. The van der Waals surface area contributed by atoms with Crippen LogP contribution in [0.5, 0.6) is 5.75 Å². The summed E-state index contributed by atoms with van der Waals surface area (Å²) in [6.07, 6.45) is 1.69. The van der Waals surface area contributed by atoms with Gasteiger partial charge in [-0.25, -0.2) is 0 Å². The fraction of sp³-hybridized carbons (Fsp3) is 0.240. The Morgan fingerprint density at radius 2 is 1.60 bits per heavy atom. The number of carbonyl (C=O) groups is 1. The summed E-state index contributed by atoms with van der Waals surface area (Å²) >= 11 is 6.10. The molecule has 1 amide bonds. The third-order valence-electron chi connectivity index (χ3n) is 5.16. The van der Waals surface area contributed by atoms with Gasteiger partial charge in [-0.05, 0) is 53.8 Å². The van der Waals surface area contributed by atoms with Crippen LogP contribution in [0.3, 0.4) is 0 Å². The molecule has 0 bridgehead atoms. The highest BCUT2D eigenvalue weighted by atomic mass is 35.5. The Bertz CT molecular complexity index is 928. The number of halogens is 1. The molecule has 5 heteroatoms. The van der Waals surface area contributed by atoms with Crippen LogP contribution in [-0.4, -0.2) is 20.1 Å². The van der Waals surface area contributed by atoms with Crippen molar-refractivity contribution in [2.24, 2.45) is 0 Å². The highest BCUT2D eigenvalue weighted by molar-refractivity contribution is 6.30. The van der Waals surface area contributed by atoms with Crippen molar-refractivity contribution >= 4 is 17.5 Å². The van der Waals surface area contributed by atoms with Gasteiger partial charge in [-0.3, -0.25) is 10.1 Å². The molecule has 0 aromatic heterocycles. The lowest BCUT2D eigenvalue weighted by Crippen LogP contribution is -2.38. The SMILES string of the molecule is CNC(=O)[C@@H](N[C@H](CCc1ccc(OC)cc1)c1ccc(Cl)cc1)c1ccccc1. The molecule has 0 fully saturated rings. The van der Waals surface area contributed by atoms with E-state index < -0.39 is 6.04 Å². The molecule has 0 unspecified atom stereocenters. The first kappa shape index (κ1) is 21.9. The van der Waals surface area contributed by atoms with Gasteiger partial charge in [-0.2, -0.15) is 0 Å². The van der Waals surface area contributed by atoms with Crippen LogP contribution in [0.2, 0.25) is 5.02 Å². The van der Waals surface area contributed by atoms with Gasteiger partial charge in [-0.1, -0.05) is 66.2 Å². The molecule has 3 rings (SSSR count). The maximum atomic E-state index is 12.7. The molecular weight excluding hydrogens is 396 g/mol. The molecule has 156 valence electrons. The van der Waals surface area contributed by atoms with Crippen molar-refractivity contribution in [3.05, 3.63) is 101 Å². The maximum Gasteiger partial charge on any atom is 0.241 e. The standard InChI is InChI=1S/C25H27ClN2O2/c1-27-25(29)24(20-6-4-3-5-7-20)28-23(19-11-13-21(26)14-12-19)17-10-18-8-15-22(30-2)16-9-18/h3-9,11-16,23-24,28H,10,17H2,1-2H3,(H,27,29)/t23-,24+/m1/s1. The van der Waals surface area contributed by atoms with Crippen molar-refractivity contribution in [1.82, 2.24) is 10.6 Å². The summed E-state index contributed by atoms with van der Waals surface area (Å²) in [6.45, 7) is 0. The lowest BCUT2D eigenvalue weighted by molar-refractivity contribution is -0.123. The van der Waals surface area contributed by atoms with Crippen molar-refractivity contribution in [2.45, 2.75) is 24.9 Å². The van der Waals surface area contributed by atoms with E-state index in [-0.39, 0.29) is 11.9 Å². The summed E-state index contributed by atoms with van der Waals surface area (Å²) in [5, 5.41) is 7.04. The Hall–Kier alpha value is -2.82. The molecule has 3 aromatic rings. The van der Waals surface area contributed by atoms with E-state index in [9.17, 15) is 4.79 Å². The lowest BCUT2D eigenvalue weighted by atomic mass is 9.96. The number of aryl methyl sites for hydroxylation is 1. The molecule has 2 atom stereocenters. The van der Waals surface area contributed by atoms with Crippen molar-refractivity contribution in [2.75, 3.05) is 14.2 Å². The average molecular weight is 423 g/mol. The largest absolute Gasteiger partial charge is 0.497 e. The smallest absolute Gasteiger partial charge is 0.241 e. The van der Waals surface area contributed by atoms with E-state index in [0.717, 1.165) is 29.7 Å². The minimum absolute atomic E-state index is 0.0214. The van der Waals surface area contributed by atoms with Gasteiger partial charge < -0.3 is 10.1 Å². The van der Waals surface area contributed by atoms with Crippen molar-refractivity contribution in [3.63, 3.8) is 0 Å². The Labute approximate surface area is 183 Å². The van der Waals surface area contributed by atoms with Gasteiger partial charge in [0.25, 0.3) is 0 Å². The zero-order valence-corrected chi connectivity index (χ0v) is 18.0. The van der Waals surface area contributed by atoms with Crippen LogP contribution in [0.15, 0.2) is 78.9 Å². The zero-order chi connectivity index (χ0) is 21.3. The fourth-order valence-corrected chi connectivity index (χ4v) is 3.58. The molecular formula is C25H27ClN2O2. The van der Waals surface area contributed by atoms with E-state index in [1.165, 1.54) is 5.56 Å². The molecule has 0 saturated carbocycles. The van der Waals surface area contributed by atoms with Gasteiger partial charge in [0.1, 0.15) is 11.8 Å². The first-order chi connectivity index (χ1) is 14.6. The molecule has 0 radical (unpaired) electrons. The lowest BCUT2D eigenvalue weighted by Gasteiger charge is -2.26. The quantitative estimate of drug-likeness (QED) is 0.504. The van der Waals surface area contributed by atoms with Crippen LogP contribution < -0.4 is 15.4 Å². The minimum Gasteiger partial charge on any atom is -0.497 e. The van der Waals surface area contributed by atoms with Crippen molar-refractivity contribution in [1.29, 1.82) is 0 Å². The molecule has 0 aliphatic carbocycles. The van der Waals surface area contributed by atoms with Crippen LogP contribution in [0.4, 0.5) is 0 Å². The van der Waals surface area contributed by atoms with E-state index >= 15 is 0 Å². The number of amides is 1. The maximum absolute atomic E-state index is 12.7. The normalized spacial score (nSPS) is 12.8. The third-order valence-corrected chi connectivity index (χ3v) is 5.41. The van der Waals surface area contributed by atoms with Gasteiger partial charge >= 0.3 is 0 Å². The number of nitrogens with one attached hydrogen (secondary N) is 2. The summed E-state index contributed by atoms with van der Waals surface area (Å²) in [5.74, 6) is 0.777. The zero-order valence-electron chi connectivity index (χ0n) is 17.3. The summed E-state index contributed by atoms with van der Waals surface area (Å²) in [5.41, 5.74) is 3.24. The van der Waals surface area contributed by atoms with Gasteiger partial charge in [-0.15, -0.1) is 0 Å². The van der Waals surface area contributed by atoms with Crippen molar-refractivity contribution in [3.8, 4) is 5.75 Å². The number of benzene rings is 3. The number of hydrogen-bond donors (Lipinski definition) is 2. The summed E-state index contributed by atoms with van der Waals surface area (Å²) in [6, 6.07) is 25.2. The summed E-state index contributed by atoms with van der Waals surface area (Å²) in [4.78, 5) is 12.7. The Morgan fingerprint density at radius 1 is 0.933 bits per heavy atom. The number of likely N-dealkylation sites (N-methyl/N-ethyl adjacent to an activating group) is 1. The summed E-state index contributed by atoms with van der Waals surface area (Å²) < 4.78 is 5.25. The second-order valence-corrected chi connectivity index (χ2v) is 7.55. The van der Waals surface area contributed by atoms with Crippen LogP contribution >= 0.6 is 11.6 Å². The van der Waals surface area contributed by atoms with Gasteiger partial charge in [0.15, 0.2) is 0 Å². The van der Waals surface area contributed by atoms with Gasteiger partial charge in [0.05, 0.1) is 7.11 Å². The van der Waals surface area contributed by atoms with Gasteiger partial charge in [0, 0.05) is 18.1 Å². The molecule has 0 heterocycles. The van der Waals surface area contributed by atoms with E-state index in [0.29, 0.717) is 5.02 Å². The molecule has 0 aliphatic rings. The molecule has 0 saturated heterocycles. The Kier molecular flexibility index (Phi) is 7.89. The number of hydrogen-bond acceptors (Lipinski definition) is 3. The predicted molar refractivity (Wildman–Crippen MR) is 122 cm³/mol. The topological polar surface area (TPSA) is 50.4 Å². The number of carbonyl (C=O) groups excluding carboxylic acids is 1.